The summed E-state index contributed by atoms with van der Waals surface area (Å²) in [7, 11) is 4.38. The predicted octanol–water partition coefficient (Wildman–Crippen LogP) is -0.0337. The van der Waals surface area contributed by atoms with Gasteiger partial charge in [-0.25, -0.2) is 0 Å². The molecule has 2 aliphatic heterocycles. The van der Waals surface area contributed by atoms with Crippen molar-refractivity contribution in [3.05, 3.63) is 0 Å². The zero-order valence-electron chi connectivity index (χ0n) is 13.8. The number of likely N-dealkylation sites (N-methyl/N-ethyl adjacent to an activating group) is 2. The van der Waals surface area contributed by atoms with Gasteiger partial charge in [-0.05, 0) is 33.9 Å². The van der Waals surface area contributed by atoms with Crippen molar-refractivity contribution in [3.63, 3.8) is 0 Å². The van der Waals surface area contributed by atoms with Gasteiger partial charge in [0, 0.05) is 45.4 Å². The molecule has 0 aliphatic carbocycles. The van der Waals surface area contributed by atoms with Gasteiger partial charge in [0.2, 0.25) is 0 Å². The molecule has 0 aromatic rings. The van der Waals surface area contributed by atoms with Gasteiger partial charge in [-0.2, -0.15) is 0 Å². The molecule has 2 rings (SSSR count). The molecule has 2 heterocycles. The number of hydrogen-bond acceptors (Lipinski definition) is 4. The summed E-state index contributed by atoms with van der Waals surface area (Å²) in [6.07, 6.45) is 2.68. The van der Waals surface area contributed by atoms with E-state index < -0.39 is 0 Å². The second-order valence-electron chi connectivity index (χ2n) is 6.13. The van der Waals surface area contributed by atoms with Crippen molar-refractivity contribution in [3.8, 4) is 0 Å². The largest absolute Gasteiger partial charge is 0.376 e. The van der Waals surface area contributed by atoms with Crippen molar-refractivity contribution in [2.24, 2.45) is 4.99 Å². The Kier molecular flexibility index (Phi) is 6.73. The van der Waals surface area contributed by atoms with Crippen molar-refractivity contribution in [1.29, 1.82) is 0 Å². The number of guanidine groups is 1. The van der Waals surface area contributed by atoms with E-state index >= 15 is 0 Å². The second kappa shape index (κ2) is 8.56. The molecular formula is C15H31N5O. The number of nitrogens with zero attached hydrogens (tertiary/aromatic N) is 3. The molecule has 0 bridgehead atoms. The number of ether oxygens (including phenoxy) is 1. The molecule has 0 amide bonds. The molecule has 21 heavy (non-hydrogen) atoms. The van der Waals surface area contributed by atoms with Gasteiger partial charge in [0.1, 0.15) is 0 Å². The maximum atomic E-state index is 5.65. The Bertz CT molecular complexity index is 330. The molecule has 2 fully saturated rings. The SMILES string of the molecule is CCNC(=NCC1CN(C)CCN1C)NCC1CCCO1. The van der Waals surface area contributed by atoms with E-state index in [0.29, 0.717) is 12.1 Å². The summed E-state index contributed by atoms with van der Waals surface area (Å²) >= 11 is 0. The summed E-state index contributed by atoms with van der Waals surface area (Å²) in [5, 5.41) is 6.73. The van der Waals surface area contributed by atoms with Crippen LogP contribution >= 0.6 is 0 Å². The molecule has 2 aliphatic rings. The summed E-state index contributed by atoms with van der Waals surface area (Å²) in [5.41, 5.74) is 0. The van der Waals surface area contributed by atoms with Crippen molar-refractivity contribution in [2.75, 3.05) is 60.0 Å². The fraction of sp³-hybridized carbons (Fsp3) is 0.933. The van der Waals surface area contributed by atoms with Crippen LogP contribution in [0.3, 0.4) is 0 Å². The Balaban J connectivity index is 1.80. The first-order valence-corrected chi connectivity index (χ1v) is 8.21. The number of rotatable bonds is 5. The zero-order valence-corrected chi connectivity index (χ0v) is 13.8. The van der Waals surface area contributed by atoms with Crippen molar-refractivity contribution >= 4 is 5.96 Å². The summed E-state index contributed by atoms with van der Waals surface area (Å²) in [6.45, 7) is 8.93. The van der Waals surface area contributed by atoms with E-state index in [2.05, 4.69) is 41.5 Å². The van der Waals surface area contributed by atoms with Crippen LogP contribution in [-0.4, -0.2) is 87.9 Å². The molecule has 0 spiro atoms. The third kappa shape index (κ3) is 5.45. The van der Waals surface area contributed by atoms with Crippen LogP contribution in [0, 0.1) is 0 Å². The molecule has 6 heteroatoms. The Hall–Kier alpha value is -0.850. The average Bonchev–Trinajstić information content (AvgIpc) is 2.98. The minimum absolute atomic E-state index is 0.345. The van der Waals surface area contributed by atoms with E-state index in [1.54, 1.807) is 0 Å². The number of hydrogen-bond donors (Lipinski definition) is 2. The minimum Gasteiger partial charge on any atom is -0.376 e. The Morgan fingerprint density at radius 3 is 2.86 bits per heavy atom. The monoisotopic (exact) mass is 297 g/mol. The molecule has 0 aromatic heterocycles. The normalized spacial score (nSPS) is 28.8. The van der Waals surface area contributed by atoms with Crippen LogP contribution in [0.4, 0.5) is 0 Å². The maximum absolute atomic E-state index is 5.65. The van der Waals surface area contributed by atoms with Crippen LogP contribution in [0.2, 0.25) is 0 Å². The lowest BCUT2D eigenvalue weighted by atomic mass is 10.2. The smallest absolute Gasteiger partial charge is 0.191 e. The van der Waals surface area contributed by atoms with Gasteiger partial charge < -0.3 is 20.3 Å². The highest BCUT2D eigenvalue weighted by molar-refractivity contribution is 5.79. The molecule has 6 nitrogen and oxygen atoms in total. The van der Waals surface area contributed by atoms with Crippen LogP contribution in [0.5, 0.6) is 0 Å². The van der Waals surface area contributed by atoms with Gasteiger partial charge in [-0.15, -0.1) is 0 Å². The number of piperazine rings is 1. The second-order valence-corrected chi connectivity index (χ2v) is 6.13. The highest BCUT2D eigenvalue weighted by atomic mass is 16.5. The fourth-order valence-electron chi connectivity index (χ4n) is 2.85. The summed E-state index contributed by atoms with van der Waals surface area (Å²) in [6, 6.07) is 0.502. The van der Waals surface area contributed by atoms with E-state index in [9.17, 15) is 0 Å². The molecule has 0 saturated carbocycles. The van der Waals surface area contributed by atoms with E-state index in [4.69, 9.17) is 9.73 Å². The molecule has 0 radical (unpaired) electrons. The highest BCUT2D eigenvalue weighted by Gasteiger charge is 2.22. The quantitative estimate of drug-likeness (QED) is 0.551. The molecule has 2 saturated heterocycles. The number of nitrogens with one attached hydrogen (secondary N) is 2. The van der Waals surface area contributed by atoms with Crippen molar-refractivity contribution in [1.82, 2.24) is 20.4 Å². The summed E-state index contributed by atoms with van der Waals surface area (Å²) in [4.78, 5) is 9.55. The minimum atomic E-state index is 0.345. The Labute approximate surface area is 128 Å². The first kappa shape index (κ1) is 16.5. The first-order valence-electron chi connectivity index (χ1n) is 8.21. The van der Waals surface area contributed by atoms with Gasteiger partial charge in [-0.1, -0.05) is 0 Å². The fourth-order valence-corrected chi connectivity index (χ4v) is 2.85. The van der Waals surface area contributed by atoms with Gasteiger partial charge >= 0.3 is 0 Å². The van der Waals surface area contributed by atoms with E-state index in [1.807, 2.05) is 0 Å². The third-order valence-corrected chi connectivity index (χ3v) is 4.31. The predicted molar refractivity (Wildman–Crippen MR) is 86.9 cm³/mol. The summed E-state index contributed by atoms with van der Waals surface area (Å²) < 4.78 is 5.65. The lowest BCUT2D eigenvalue weighted by Crippen LogP contribution is -2.51. The zero-order chi connectivity index (χ0) is 15.1. The van der Waals surface area contributed by atoms with Gasteiger partial charge in [0.15, 0.2) is 5.96 Å². The van der Waals surface area contributed by atoms with Crippen LogP contribution in [0.25, 0.3) is 0 Å². The van der Waals surface area contributed by atoms with Crippen molar-refractivity contribution in [2.45, 2.75) is 31.9 Å². The van der Waals surface area contributed by atoms with Crippen LogP contribution in [-0.2, 0) is 4.74 Å². The van der Waals surface area contributed by atoms with E-state index in [-0.39, 0.29) is 0 Å². The molecule has 0 aromatic carbocycles. The van der Waals surface area contributed by atoms with Gasteiger partial charge in [-0.3, -0.25) is 9.89 Å². The Morgan fingerprint density at radius 1 is 1.29 bits per heavy atom. The third-order valence-electron chi connectivity index (χ3n) is 4.31. The van der Waals surface area contributed by atoms with E-state index in [1.165, 1.54) is 6.42 Å². The van der Waals surface area contributed by atoms with Gasteiger partial charge in [0.05, 0.1) is 12.6 Å². The van der Waals surface area contributed by atoms with Crippen molar-refractivity contribution < 1.29 is 4.74 Å². The van der Waals surface area contributed by atoms with E-state index in [0.717, 1.165) is 58.3 Å². The lowest BCUT2D eigenvalue weighted by molar-refractivity contribution is 0.113. The molecular weight excluding hydrogens is 266 g/mol. The maximum Gasteiger partial charge on any atom is 0.191 e. The van der Waals surface area contributed by atoms with Crippen LogP contribution in [0.15, 0.2) is 4.99 Å². The Morgan fingerprint density at radius 2 is 2.14 bits per heavy atom. The lowest BCUT2D eigenvalue weighted by Gasteiger charge is -2.36. The standard InChI is InChI=1S/C15H31N5O/c1-4-16-15(18-11-14-6-5-9-21-14)17-10-13-12-19(2)7-8-20(13)3/h13-14H,4-12H2,1-3H3,(H2,16,17,18). The van der Waals surface area contributed by atoms with Crippen LogP contribution < -0.4 is 10.6 Å². The molecule has 122 valence electrons. The highest BCUT2D eigenvalue weighted by Crippen LogP contribution is 2.10. The molecule has 2 N–H and O–H groups in total. The molecule has 2 atom stereocenters. The first-order chi connectivity index (χ1) is 10.2. The number of aliphatic imine (C=N–C) groups is 1. The average molecular weight is 297 g/mol. The van der Waals surface area contributed by atoms with Crippen LogP contribution in [0.1, 0.15) is 19.8 Å². The van der Waals surface area contributed by atoms with Gasteiger partial charge in [0.25, 0.3) is 0 Å². The summed E-state index contributed by atoms with van der Waals surface area (Å²) in [5.74, 6) is 0.912. The topological polar surface area (TPSA) is 52.1 Å². The molecule has 2 unspecified atom stereocenters.